The van der Waals surface area contributed by atoms with Crippen LogP contribution in [0.2, 0.25) is 5.02 Å². The molecule has 0 atom stereocenters. The molecule has 7 heteroatoms. The van der Waals surface area contributed by atoms with E-state index in [4.69, 9.17) is 16.0 Å². The number of hydrogen-bond acceptors (Lipinski definition) is 3. The number of furan rings is 1. The number of aryl methyl sites for hydroxylation is 1. The lowest BCUT2D eigenvalue weighted by molar-refractivity contribution is -0.111. The van der Waals surface area contributed by atoms with Gasteiger partial charge in [-0.05, 0) is 55.0 Å². The molecule has 0 aliphatic rings. The molecular weight excluding hydrogens is 378 g/mol. The average Bonchev–Trinajstić information content (AvgIpc) is 3.27. The summed E-state index contributed by atoms with van der Waals surface area (Å²) in [7, 11) is 0. The van der Waals surface area contributed by atoms with Crippen LogP contribution in [-0.4, -0.2) is 15.9 Å². The molecule has 0 aliphatic carbocycles. The highest BCUT2D eigenvalue weighted by Crippen LogP contribution is 2.27. The highest BCUT2D eigenvalue weighted by Gasteiger charge is 2.06. The van der Waals surface area contributed by atoms with Crippen LogP contribution in [0.3, 0.4) is 0 Å². The van der Waals surface area contributed by atoms with Crippen LogP contribution in [0.25, 0.3) is 28.4 Å². The zero-order chi connectivity index (χ0) is 19.7. The van der Waals surface area contributed by atoms with Gasteiger partial charge in [0, 0.05) is 22.3 Å². The number of anilines is 1. The van der Waals surface area contributed by atoms with Gasteiger partial charge in [0.1, 0.15) is 11.5 Å². The van der Waals surface area contributed by atoms with E-state index in [1.807, 2.05) is 31.2 Å². The molecule has 2 heterocycles. The molecule has 0 saturated heterocycles. The fourth-order valence-corrected chi connectivity index (χ4v) is 2.98. The highest BCUT2D eigenvalue weighted by molar-refractivity contribution is 6.31. The number of aromatic amines is 2. The summed E-state index contributed by atoms with van der Waals surface area (Å²) in [5.74, 6) is 0.907. The molecular formula is C21H16ClN3O3. The summed E-state index contributed by atoms with van der Waals surface area (Å²) in [6, 6.07) is 14.4. The van der Waals surface area contributed by atoms with Gasteiger partial charge in [0.15, 0.2) is 0 Å². The van der Waals surface area contributed by atoms with Crippen molar-refractivity contribution < 1.29 is 9.21 Å². The summed E-state index contributed by atoms with van der Waals surface area (Å²) in [6.07, 6.45) is 2.97. The number of amides is 1. The van der Waals surface area contributed by atoms with Gasteiger partial charge in [-0.25, -0.2) is 4.79 Å². The summed E-state index contributed by atoms with van der Waals surface area (Å²) in [5.41, 5.74) is 3.45. The number of rotatable bonds is 4. The minimum atomic E-state index is -0.312. The third-order valence-electron chi connectivity index (χ3n) is 4.27. The van der Waals surface area contributed by atoms with E-state index in [9.17, 15) is 9.59 Å². The first-order valence-electron chi connectivity index (χ1n) is 8.55. The normalized spacial score (nSPS) is 11.4. The molecule has 0 fully saturated rings. The monoisotopic (exact) mass is 393 g/mol. The topological polar surface area (TPSA) is 90.9 Å². The van der Waals surface area contributed by atoms with Crippen molar-refractivity contribution in [3.05, 3.63) is 81.4 Å². The molecule has 2 aromatic heterocycles. The molecule has 0 unspecified atom stereocenters. The van der Waals surface area contributed by atoms with Gasteiger partial charge in [-0.1, -0.05) is 23.7 Å². The van der Waals surface area contributed by atoms with Gasteiger partial charge in [0.05, 0.1) is 11.0 Å². The summed E-state index contributed by atoms with van der Waals surface area (Å²) in [4.78, 5) is 28.7. The molecule has 6 nitrogen and oxygen atoms in total. The second-order valence-corrected chi connectivity index (χ2v) is 6.74. The smallest absolute Gasteiger partial charge is 0.323 e. The van der Waals surface area contributed by atoms with E-state index in [-0.39, 0.29) is 11.6 Å². The third-order valence-corrected chi connectivity index (χ3v) is 4.67. The van der Waals surface area contributed by atoms with Crippen molar-refractivity contribution in [1.29, 1.82) is 0 Å². The van der Waals surface area contributed by atoms with E-state index in [2.05, 4.69) is 15.3 Å². The van der Waals surface area contributed by atoms with Gasteiger partial charge in [0.25, 0.3) is 0 Å². The van der Waals surface area contributed by atoms with Crippen molar-refractivity contribution in [3.63, 3.8) is 0 Å². The zero-order valence-corrected chi connectivity index (χ0v) is 15.6. The molecule has 0 saturated carbocycles. The Morgan fingerprint density at radius 3 is 2.71 bits per heavy atom. The number of halogens is 1. The van der Waals surface area contributed by atoms with Gasteiger partial charge >= 0.3 is 5.69 Å². The third kappa shape index (κ3) is 3.77. The van der Waals surface area contributed by atoms with E-state index < -0.39 is 0 Å². The van der Waals surface area contributed by atoms with Gasteiger partial charge in [-0.3, -0.25) is 4.79 Å². The Morgan fingerprint density at radius 1 is 1.07 bits per heavy atom. The van der Waals surface area contributed by atoms with Crippen molar-refractivity contribution in [3.8, 4) is 11.3 Å². The number of aromatic nitrogens is 2. The van der Waals surface area contributed by atoms with Crippen LogP contribution in [0.4, 0.5) is 5.69 Å². The van der Waals surface area contributed by atoms with Crippen LogP contribution in [0, 0.1) is 6.92 Å². The lowest BCUT2D eigenvalue weighted by atomic mass is 10.1. The van der Waals surface area contributed by atoms with Gasteiger partial charge in [-0.2, -0.15) is 0 Å². The first kappa shape index (κ1) is 17.9. The van der Waals surface area contributed by atoms with E-state index in [1.165, 1.54) is 6.08 Å². The molecule has 2 aromatic carbocycles. The number of benzene rings is 2. The molecule has 0 spiro atoms. The summed E-state index contributed by atoms with van der Waals surface area (Å²) < 4.78 is 5.76. The van der Waals surface area contributed by atoms with Crippen molar-refractivity contribution in [2.45, 2.75) is 6.92 Å². The molecule has 4 rings (SSSR count). The number of carbonyl (C=O) groups is 1. The van der Waals surface area contributed by atoms with Crippen LogP contribution in [0.5, 0.6) is 0 Å². The Labute approximate surface area is 164 Å². The first-order valence-corrected chi connectivity index (χ1v) is 8.93. The van der Waals surface area contributed by atoms with E-state index >= 15 is 0 Å². The Hall–Kier alpha value is -3.51. The maximum Gasteiger partial charge on any atom is 0.323 e. The maximum atomic E-state index is 12.1. The number of carbonyl (C=O) groups excluding carboxylic acids is 1. The number of hydrogen-bond donors (Lipinski definition) is 3. The fraction of sp³-hybridized carbons (Fsp3) is 0.0476. The molecule has 3 N–H and O–H groups in total. The lowest BCUT2D eigenvalue weighted by Gasteiger charge is -2.02. The van der Waals surface area contributed by atoms with Gasteiger partial charge in [-0.15, -0.1) is 0 Å². The second kappa shape index (κ2) is 7.25. The Balaban J connectivity index is 1.46. The molecule has 140 valence electrons. The molecule has 0 radical (unpaired) electrons. The van der Waals surface area contributed by atoms with Crippen LogP contribution >= 0.6 is 11.6 Å². The molecule has 0 bridgehead atoms. The predicted octanol–water partition coefficient (Wildman–Crippen LogP) is 4.73. The van der Waals surface area contributed by atoms with Crippen molar-refractivity contribution in [2.24, 2.45) is 0 Å². The minimum absolute atomic E-state index is 0.290. The largest absolute Gasteiger partial charge is 0.457 e. The molecule has 28 heavy (non-hydrogen) atoms. The fourth-order valence-electron chi connectivity index (χ4n) is 2.80. The Morgan fingerprint density at radius 2 is 1.89 bits per heavy atom. The van der Waals surface area contributed by atoms with E-state index in [0.717, 1.165) is 11.1 Å². The zero-order valence-electron chi connectivity index (χ0n) is 14.9. The predicted molar refractivity (Wildman–Crippen MR) is 110 cm³/mol. The van der Waals surface area contributed by atoms with Crippen LogP contribution in [0.15, 0.2) is 63.8 Å². The summed E-state index contributed by atoms with van der Waals surface area (Å²) in [5, 5.41) is 3.42. The Kier molecular flexibility index (Phi) is 4.63. The Bertz CT molecular complexity index is 1260. The first-order chi connectivity index (χ1) is 13.5. The standard InChI is InChI=1S/C21H16ClN3O3/c1-12-2-3-13(10-16(12)22)19-8-5-15(28-19)6-9-20(26)23-14-4-7-17-18(11-14)25-21(27)24-17/h2-11H,1H3,(H,23,26)(H2,24,25,27)/b9-6+. The molecule has 0 aliphatic heterocycles. The van der Waals surface area contributed by atoms with Crippen LogP contribution < -0.4 is 11.0 Å². The SMILES string of the molecule is Cc1ccc(-c2ccc(/C=C/C(=O)Nc3ccc4[nH]c(=O)[nH]c4c3)o2)cc1Cl. The average molecular weight is 394 g/mol. The summed E-state index contributed by atoms with van der Waals surface area (Å²) >= 11 is 6.16. The molecule has 4 aromatic rings. The summed E-state index contributed by atoms with van der Waals surface area (Å²) in [6.45, 7) is 1.94. The minimum Gasteiger partial charge on any atom is -0.457 e. The van der Waals surface area contributed by atoms with Crippen molar-refractivity contribution >= 4 is 40.3 Å². The maximum absolute atomic E-state index is 12.1. The number of imidazole rings is 1. The van der Waals surface area contributed by atoms with E-state index in [1.54, 1.807) is 30.3 Å². The van der Waals surface area contributed by atoms with Crippen molar-refractivity contribution in [1.82, 2.24) is 9.97 Å². The van der Waals surface area contributed by atoms with Crippen LogP contribution in [0.1, 0.15) is 11.3 Å². The van der Waals surface area contributed by atoms with Crippen molar-refractivity contribution in [2.75, 3.05) is 5.32 Å². The quantitative estimate of drug-likeness (QED) is 0.438. The second-order valence-electron chi connectivity index (χ2n) is 6.33. The van der Waals surface area contributed by atoms with Gasteiger partial charge in [0.2, 0.25) is 5.91 Å². The van der Waals surface area contributed by atoms with Crippen LogP contribution in [-0.2, 0) is 4.79 Å². The lowest BCUT2D eigenvalue weighted by Crippen LogP contribution is -2.07. The van der Waals surface area contributed by atoms with E-state index in [0.29, 0.717) is 33.3 Å². The highest BCUT2D eigenvalue weighted by atomic mass is 35.5. The number of nitrogens with one attached hydrogen (secondary N) is 3. The number of H-pyrrole nitrogens is 2. The molecule has 1 amide bonds. The van der Waals surface area contributed by atoms with Gasteiger partial charge < -0.3 is 19.7 Å². The number of fused-ring (bicyclic) bond motifs is 1.